The molecule has 0 unspecified atom stereocenters. The number of benzene rings is 3. The van der Waals surface area contributed by atoms with Crippen molar-refractivity contribution in [2.24, 2.45) is 0 Å². The molecule has 136 valence electrons. The fourth-order valence-corrected chi connectivity index (χ4v) is 2.84. The number of para-hydroxylation sites is 1. The van der Waals surface area contributed by atoms with Crippen LogP contribution in [0.5, 0.6) is 0 Å². The molecule has 3 N–H and O–H groups in total. The number of halogens is 1. The number of carbonyl (C=O) groups is 1. The molecule has 27 heavy (non-hydrogen) atoms. The van der Waals surface area contributed by atoms with Crippen LogP contribution in [0.2, 0.25) is 5.02 Å². The van der Waals surface area contributed by atoms with Crippen LogP contribution in [-0.2, 0) is 6.54 Å². The van der Waals surface area contributed by atoms with E-state index in [1.807, 2.05) is 60.7 Å². The van der Waals surface area contributed by atoms with E-state index in [0.29, 0.717) is 27.9 Å². The van der Waals surface area contributed by atoms with E-state index >= 15 is 0 Å². The number of thiocarbonyl (C=S) groups is 1. The zero-order valence-corrected chi connectivity index (χ0v) is 16.0. The molecule has 0 bridgehead atoms. The molecule has 1 amide bonds. The van der Waals surface area contributed by atoms with Gasteiger partial charge in [0.2, 0.25) is 0 Å². The van der Waals surface area contributed by atoms with Crippen molar-refractivity contribution in [2.75, 3.05) is 10.6 Å². The van der Waals surface area contributed by atoms with Crippen molar-refractivity contribution in [3.63, 3.8) is 0 Å². The summed E-state index contributed by atoms with van der Waals surface area (Å²) in [6.45, 7) is 0.460. The van der Waals surface area contributed by atoms with E-state index in [1.54, 1.807) is 18.2 Å². The van der Waals surface area contributed by atoms with Crippen LogP contribution in [0.15, 0.2) is 78.9 Å². The van der Waals surface area contributed by atoms with E-state index in [2.05, 4.69) is 16.0 Å². The predicted octanol–water partition coefficient (Wildman–Crippen LogP) is 5.08. The highest BCUT2D eigenvalue weighted by molar-refractivity contribution is 7.80. The Kier molecular flexibility index (Phi) is 6.41. The quantitative estimate of drug-likeness (QED) is 0.527. The van der Waals surface area contributed by atoms with Crippen LogP contribution in [0, 0.1) is 0 Å². The number of anilines is 2. The Bertz CT molecular complexity index is 930. The van der Waals surface area contributed by atoms with Gasteiger partial charge in [-0.2, -0.15) is 0 Å². The van der Waals surface area contributed by atoms with Gasteiger partial charge in [-0.05, 0) is 54.2 Å². The summed E-state index contributed by atoms with van der Waals surface area (Å²) in [6.07, 6.45) is 0. The average Bonchev–Trinajstić information content (AvgIpc) is 2.69. The minimum atomic E-state index is -0.170. The maximum atomic E-state index is 12.6. The molecule has 0 saturated heterocycles. The average molecular weight is 396 g/mol. The van der Waals surface area contributed by atoms with Crippen LogP contribution in [-0.4, -0.2) is 11.0 Å². The Morgan fingerprint density at radius 1 is 0.852 bits per heavy atom. The highest BCUT2D eigenvalue weighted by Gasteiger charge is 2.11. The van der Waals surface area contributed by atoms with Crippen LogP contribution in [0.4, 0.5) is 11.4 Å². The van der Waals surface area contributed by atoms with Gasteiger partial charge in [0, 0.05) is 17.3 Å². The summed E-state index contributed by atoms with van der Waals surface area (Å²) in [6, 6.07) is 24.2. The van der Waals surface area contributed by atoms with Crippen molar-refractivity contribution in [3.8, 4) is 0 Å². The van der Waals surface area contributed by atoms with E-state index in [4.69, 9.17) is 23.8 Å². The minimum absolute atomic E-state index is 0.170. The molecule has 0 saturated carbocycles. The largest absolute Gasteiger partial charge is 0.348 e. The monoisotopic (exact) mass is 395 g/mol. The molecule has 0 atom stereocenters. The summed E-state index contributed by atoms with van der Waals surface area (Å²) < 4.78 is 0. The molecule has 0 spiro atoms. The van der Waals surface area contributed by atoms with Gasteiger partial charge in [0.15, 0.2) is 5.11 Å². The minimum Gasteiger partial charge on any atom is -0.348 e. The molecule has 0 heterocycles. The van der Waals surface area contributed by atoms with Crippen LogP contribution in [0.25, 0.3) is 0 Å². The maximum absolute atomic E-state index is 12.6. The van der Waals surface area contributed by atoms with Crippen molar-refractivity contribution in [1.82, 2.24) is 5.32 Å². The Labute approximate surface area is 168 Å². The number of rotatable bonds is 5. The molecule has 6 heteroatoms. The van der Waals surface area contributed by atoms with Crippen LogP contribution in [0.1, 0.15) is 15.9 Å². The van der Waals surface area contributed by atoms with Gasteiger partial charge in [-0.25, -0.2) is 0 Å². The fourth-order valence-electron chi connectivity index (χ4n) is 2.48. The van der Waals surface area contributed by atoms with Gasteiger partial charge in [-0.3, -0.25) is 4.79 Å². The van der Waals surface area contributed by atoms with E-state index in [1.165, 1.54) is 0 Å². The third kappa shape index (κ3) is 5.54. The lowest BCUT2D eigenvalue weighted by molar-refractivity contribution is 0.0952. The molecule has 0 fully saturated rings. The molecule has 0 aromatic heterocycles. The molecule has 3 aromatic rings. The van der Waals surface area contributed by atoms with Gasteiger partial charge < -0.3 is 16.0 Å². The number of carbonyl (C=O) groups excluding carboxylic acids is 1. The lowest BCUT2D eigenvalue weighted by atomic mass is 10.1. The van der Waals surface area contributed by atoms with Crippen LogP contribution < -0.4 is 16.0 Å². The SMILES string of the molecule is O=C(NCc1ccccc1)c1ccccc1NC(=S)Nc1ccc(Cl)cc1. The molecule has 4 nitrogen and oxygen atoms in total. The number of amides is 1. The molecular weight excluding hydrogens is 378 g/mol. The molecule has 3 aromatic carbocycles. The van der Waals surface area contributed by atoms with Gasteiger partial charge in [0.1, 0.15) is 0 Å². The van der Waals surface area contributed by atoms with Gasteiger partial charge in [0.25, 0.3) is 5.91 Å². The van der Waals surface area contributed by atoms with E-state index in [0.717, 1.165) is 11.3 Å². The molecule has 3 rings (SSSR count). The molecule has 0 aliphatic rings. The second kappa shape index (κ2) is 9.16. The van der Waals surface area contributed by atoms with Crippen molar-refractivity contribution in [1.29, 1.82) is 0 Å². The Hall–Kier alpha value is -2.89. The Balaban J connectivity index is 1.65. The Morgan fingerprint density at radius 3 is 2.26 bits per heavy atom. The first-order valence-electron chi connectivity index (χ1n) is 8.36. The Morgan fingerprint density at radius 2 is 1.52 bits per heavy atom. The van der Waals surface area contributed by atoms with Gasteiger partial charge >= 0.3 is 0 Å². The lowest BCUT2D eigenvalue weighted by Crippen LogP contribution is -2.26. The molecular formula is C21H18ClN3OS. The van der Waals surface area contributed by atoms with Crippen molar-refractivity contribution < 1.29 is 4.79 Å². The second-order valence-electron chi connectivity index (χ2n) is 5.80. The predicted molar refractivity (Wildman–Crippen MR) is 115 cm³/mol. The van der Waals surface area contributed by atoms with E-state index < -0.39 is 0 Å². The molecule has 0 aliphatic carbocycles. The molecule has 0 radical (unpaired) electrons. The second-order valence-corrected chi connectivity index (χ2v) is 6.64. The van der Waals surface area contributed by atoms with Crippen molar-refractivity contribution in [3.05, 3.63) is 95.0 Å². The highest BCUT2D eigenvalue weighted by atomic mass is 35.5. The summed E-state index contributed by atoms with van der Waals surface area (Å²) in [5.74, 6) is -0.170. The first-order chi connectivity index (χ1) is 13.1. The zero-order chi connectivity index (χ0) is 19.1. The standard InChI is InChI=1S/C21H18ClN3OS/c22-16-10-12-17(13-11-16)24-21(27)25-19-9-5-4-8-18(19)20(26)23-14-15-6-2-1-3-7-15/h1-13H,14H2,(H,23,26)(H2,24,25,27). The van der Waals surface area contributed by atoms with Crippen LogP contribution >= 0.6 is 23.8 Å². The maximum Gasteiger partial charge on any atom is 0.253 e. The third-order valence-electron chi connectivity index (χ3n) is 3.82. The van der Waals surface area contributed by atoms with Crippen LogP contribution in [0.3, 0.4) is 0 Å². The zero-order valence-electron chi connectivity index (χ0n) is 14.4. The van der Waals surface area contributed by atoms with Crippen molar-refractivity contribution >= 4 is 46.2 Å². The summed E-state index contributed by atoms with van der Waals surface area (Å²) in [7, 11) is 0. The first kappa shape index (κ1) is 18.9. The number of hydrogen-bond donors (Lipinski definition) is 3. The van der Waals surface area contributed by atoms with E-state index in [9.17, 15) is 4.79 Å². The summed E-state index contributed by atoms with van der Waals surface area (Å²) in [4.78, 5) is 12.6. The third-order valence-corrected chi connectivity index (χ3v) is 4.27. The summed E-state index contributed by atoms with van der Waals surface area (Å²) >= 11 is 11.2. The lowest BCUT2D eigenvalue weighted by Gasteiger charge is -2.14. The van der Waals surface area contributed by atoms with E-state index in [-0.39, 0.29) is 5.91 Å². The number of nitrogens with one attached hydrogen (secondary N) is 3. The summed E-state index contributed by atoms with van der Waals surface area (Å²) in [5, 5.41) is 10.1. The highest BCUT2D eigenvalue weighted by Crippen LogP contribution is 2.17. The fraction of sp³-hybridized carbons (Fsp3) is 0.0476. The number of hydrogen-bond acceptors (Lipinski definition) is 2. The summed E-state index contributed by atoms with van der Waals surface area (Å²) in [5.41, 5.74) is 3.00. The van der Waals surface area contributed by atoms with Gasteiger partial charge in [-0.15, -0.1) is 0 Å². The topological polar surface area (TPSA) is 53.2 Å². The normalized spacial score (nSPS) is 10.1. The van der Waals surface area contributed by atoms with Crippen molar-refractivity contribution in [2.45, 2.75) is 6.54 Å². The van der Waals surface area contributed by atoms with Gasteiger partial charge in [-0.1, -0.05) is 54.1 Å². The smallest absolute Gasteiger partial charge is 0.253 e. The van der Waals surface area contributed by atoms with Gasteiger partial charge in [0.05, 0.1) is 11.3 Å². The molecule has 0 aliphatic heterocycles. The first-order valence-corrected chi connectivity index (χ1v) is 9.15.